The van der Waals surface area contributed by atoms with Crippen LogP contribution in [-0.2, 0) is 11.3 Å². The fourth-order valence-electron chi connectivity index (χ4n) is 1.70. The van der Waals surface area contributed by atoms with Crippen molar-refractivity contribution in [3.63, 3.8) is 0 Å². The topological polar surface area (TPSA) is 61.4 Å². The first kappa shape index (κ1) is 17.5. The maximum absolute atomic E-state index is 12.0. The van der Waals surface area contributed by atoms with Crippen LogP contribution in [0.1, 0.15) is 25.8 Å². The van der Waals surface area contributed by atoms with Crippen LogP contribution < -0.4 is 10.6 Å². The van der Waals surface area contributed by atoms with E-state index in [-0.39, 0.29) is 11.9 Å². The van der Waals surface area contributed by atoms with Crippen molar-refractivity contribution in [2.75, 3.05) is 13.6 Å². The average Bonchev–Trinajstić information content (AvgIpc) is 2.46. The number of urea groups is 1. The minimum absolute atomic E-state index is 0.165. The molecule has 1 aromatic carbocycles. The van der Waals surface area contributed by atoms with Gasteiger partial charge in [-0.1, -0.05) is 35.0 Å². The lowest BCUT2D eigenvalue weighted by molar-refractivity contribution is -0.122. The van der Waals surface area contributed by atoms with E-state index in [0.717, 1.165) is 16.5 Å². The molecule has 0 bridgehead atoms. The fraction of sp³-hybridized carbons (Fsp3) is 0.467. The molecule has 2 N–H and O–H groups in total. The van der Waals surface area contributed by atoms with Crippen molar-refractivity contribution in [2.24, 2.45) is 0 Å². The number of nitrogens with zero attached hydrogens (tertiary/aromatic N) is 1. The van der Waals surface area contributed by atoms with E-state index in [1.165, 1.54) is 0 Å². The second-order valence-corrected chi connectivity index (χ2v) is 5.86. The largest absolute Gasteiger partial charge is 0.354 e. The first-order valence-corrected chi connectivity index (χ1v) is 7.77. The maximum Gasteiger partial charge on any atom is 0.318 e. The highest BCUT2D eigenvalue weighted by atomic mass is 79.9. The van der Waals surface area contributed by atoms with Crippen molar-refractivity contribution in [3.8, 4) is 0 Å². The van der Waals surface area contributed by atoms with E-state index in [0.29, 0.717) is 13.1 Å². The molecular formula is C15H22BrN3O2. The molecule has 0 saturated carbocycles. The Balaban J connectivity index is 2.46. The van der Waals surface area contributed by atoms with Gasteiger partial charge in [0.05, 0.1) is 0 Å². The van der Waals surface area contributed by atoms with E-state index < -0.39 is 6.04 Å². The van der Waals surface area contributed by atoms with Gasteiger partial charge in [-0.15, -0.1) is 0 Å². The number of hydrogen-bond acceptors (Lipinski definition) is 2. The SMILES string of the molecule is CCCNC(=O)[C@H](C)NC(=O)N(C)Cc1ccc(Br)cc1. The van der Waals surface area contributed by atoms with Crippen molar-refractivity contribution < 1.29 is 9.59 Å². The van der Waals surface area contributed by atoms with E-state index in [4.69, 9.17) is 0 Å². The predicted molar refractivity (Wildman–Crippen MR) is 86.9 cm³/mol. The number of halogens is 1. The number of amides is 3. The molecule has 116 valence electrons. The predicted octanol–water partition coefficient (Wildman–Crippen LogP) is 2.51. The summed E-state index contributed by atoms with van der Waals surface area (Å²) in [5.74, 6) is -0.165. The molecule has 0 aliphatic heterocycles. The third-order valence-electron chi connectivity index (χ3n) is 2.96. The quantitative estimate of drug-likeness (QED) is 0.823. The molecule has 21 heavy (non-hydrogen) atoms. The molecule has 0 aliphatic carbocycles. The summed E-state index contributed by atoms with van der Waals surface area (Å²) in [4.78, 5) is 25.3. The highest BCUT2D eigenvalue weighted by molar-refractivity contribution is 9.10. The van der Waals surface area contributed by atoms with Crippen molar-refractivity contribution in [1.29, 1.82) is 0 Å². The molecule has 0 fully saturated rings. The summed E-state index contributed by atoms with van der Waals surface area (Å²) in [6.45, 7) is 4.77. The number of benzene rings is 1. The van der Waals surface area contributed by atoms with Gasteiger partial charge in [0.1, 0.15) is 6.04 Å². The minimum atomic E-state index is -0.545. The minimum Gasteiger partial charge on any atom is -0.354 e. The van der Waals surface area contributed by atoms with Crippen LogP contribution in [0, 0.1) is 0 Å². The third kappa shape index (κ3) is 6.16. The Labute approximate surface area is 134 Å². The summed E-state index contributed by atoms with van der Waals surface area (Å²) in [6, 6.07) is 6.95. The monoisotopic (exact) mass is 355 g/mol. The Morgan fingerprint density at radius 1 is 1.29 bits per heavy atom. The number of nitrogens with one attached hydrogen (secondary N) is 2. The number of rotatable bonds is 6. The van der Waals surface area contributed by atoms with Crippen molar-refractivity contribution >= 4 is 27.9 Å². The zero-order valence-electron chi connectivity index (χ0n) is 12.6. The zero-order chi connectivity index (χ0) is 15.8. The van der Waals surface area contributed by atoms with Gasteiger partial charge in [-0.25, -0.2) is 4.79 Å². The van der Waals surface area contributed by atoms with Crippen molar-refractivity contribution in [2.45, 2.75) is 32.9 Å². The van der Waals surface area contributed by atoms with Crippen LogP contribution in [-0.4, -0.2) is 36.5 Å². The van der Waals surface area contributed by atoms with E-state index in [1.54, 1.807) is 18.9 Å². The molecule has 1 rings (SSSR count). The van der Waals surface area contributed by atoms with Crippen LogP contribution in [0.25, 0.3) is 0 Å². The van der Waals surface area contributed by atoms with Crippen LogP contribution in [0.15, 0.2) is 28.7 Å². The van der Waals surface area contributed by atoms with E-state index in [2.05, 4.69) is 26.6 Å². The van der Waals surface area contributed by atoms with Crippen molar-refractivity contribution in [1.82, 2.24) is 15.5 Å². The Bertz CT molecular complexity index is 476. The lowest BCUT2D eigenvalue weighted by Crippen LogP contribution is -2.48. The molecule has 3 amide bonds. The van der Waals surface area contributed by atoms with Crippen LogP contribution >= 0.6 is 15.9 Å². The van der Waals surface area contributed by atoms with Gasteiger partial charge in [0.15, 0.2) is 0 Å². The Hall–Kier alpha value is -1.56. The summed E-state index contributed by atoms with van der Waals surface area (Å²) in [5.41, 5.74) is 1.03. The van der Waals surface area contributed by atoms with Gasteiger partial charge in [-0.05, 0) is 31.0 Å². The van der Waals surface area contributed by atoms with Gasteiger partial charge >= 0.3 is 6.03 Å². The van der Waals surface area contributed by atoms with E-state index in [9.17, 15) is 9.59 Å². The van der Waals surface area contributed by atoms with Crippen molar-refractivity contribution in [3.05, 3.63) is 34.3 Å². The van der Waals surface area contributed by atoms with E-state index in [1.807, 2.05) is 31.2 Å². The molecule has 0 aliphatic rings. The zero-order valence-corrected chi connectivity index (χ0v) is 14.2. The molecule has 1 atom stereocenters. The number of hydrogen-bond donors (Lipinski definition) is 2. The summed E-state index contributed by atoms with van der Waals surface area (Å²) in [5, 5.41) is 5.44. The lowest BCUT2D eigenvalue weighted by Gasteiger charge is -2.21. The van der Waals surface area contributed by atoms with Gasteiger partial charge in [0.25, 0.3) is 0 Å². The summed E-state index contributed by atoms with van der Waals surface area (Å²) < 4.78 is 1.000. The van der Waals surface area contributed by atoms with Gasteiger partial charge < -0.3 is 15.5 Å². The molecule has 0 heterocycles. The molecule has 6 heteroatoms. The highest BCUT2D eigenvalue weighted by Gasteiger charge is 2.17. The van der Waals surface area contributed by atoms with Gasteiger partial charge in [-0.3, -0.25) is 4.79 Å². The summed E-state index contributed by atoms with van der Waals surface area (Å²) >= 11 is 3.37. The molecular weight excluding hydrogens is 334 g/mol. The maximum atomic E-state index is 12.0. The third-order valence-corrected chi connectivity index (χ3v) is 3.49. The Morgan fingerprint density at radius 3 is 2.48 bits per heavy atom. The molecule has 0 radical (unpaired) electrons. The number of carbonyl (C=O) groups is 2. The first-order chi connectivity index (χ1) is 9.93. The van der Waals surface area contributed by atoms with Crippen LogP contribution in [0.5, 0.6) is 0 Å². The second-order valence-electron chi connectivity index (χ2n) is 4.94. The highest BCUT2D eigenvalue weighted by Crippen LogP contribution is 2.11. The van der Waals surface area contributed by atoms with Gasteiger partial charge in [0.2, 0.25) is 5.91 Å². The Kier molecular flexibility index (Phi) is 7.22. The summed E-state index contributed by atoms with van der Waals surface area (Å²) in [6.07, 6.45) is 0.871. The van der Waals surface area contributed by atoms with Crippen LogP contribution in [0.2, 0.25) is 0 Å². The first-order valence-electron chi connectivity index (χ1n) is 6.97. The second kappa shape index (κ2) is 8.67. The van der Waals surface area contributed by atoms with Crippen LogP contribution in [0.4, 0.5) is 4.79 Å². The molecule has 0 saturated heterocycles. The van der Waals surface area contributed by atoms with E-state index >= 15 is 0 Å². The molecule has 5 nitrogen and oxygen atoms in total. The fourth-order valence-corrected chi connectivity index (χ4v) is 1.96. The molecule has 0 unspecified atom stereocenters. The normalized spacial score (nSPS) is 11.6. The average molecular weight is 356 g/mol. The molecule has 0 aromatic heterocycles. The van der Waals surface area contributed by atoms with Gasteiger partial charge in [-0.2, -0.15) is 0 Å². The smallest absolute Gasteiger partial charge is 0.318 e. The lowest BCUT2D eigenvalue weighted by atomic mass is 10.2. The van der Waals surface area contributed by atoms with Crippen LogP contribution in [0.3, 0.4) is 0 Å². The Morgan fingerprint density at radius 2 is 1.90 bits per heavy atom. The number of carbonyl (C=O) groups excluding carboxylic acids is 2. The summed E-state index contributed by atoms with van der Waals surface area (Å²) in [7, 11) is 1.70. The molecule has 1 aromatic rings. The standard InChI is InChI=1S/C15H22BrN3O2/c1-4-9-17-14(20)11(2)18-15(21)19(3)10-12-5-7-13(16)8-6-12/h5-8,11H,4,9-10H2,1-3H3,(H,17,20)(H,18,21)/t11-/m0/s1. The van der Waals surface area contributed by atoms with Gasteiger partial charge in [0, 0.05) is 24.6 Å². The molecule has 0 spiro atoms.